The molecule has 1 saturated carbocycles. The number of morpholine rings is 1. The first-order valence-electron chi connectivity index (χ1n) is 7.44. The van der Waals surface area contributed by atoms with Crippen molar-refractivity contribution in [1.82, 2.24) is 0 Å². The summed E-state index contributed by atoms with van der Waals surface area (Å²) < 4.78 is 19.7. The van der Waals surface area contributed by atoms with Crippen molar-refractivity contribution in [3.63, 3.8) is 0 Å². The van der Waals surface area contributed by atoms with Crippen LogP contribution >= 0.6 is 11.3 Å². The van der Waals surface area contributed by atoms with E-state index in [2.05, 4.69) is 22.8 Å². The number of rotatable bonds is 2. The third-order valence-electron chi connectivity index (χ3n) is 5.09. The Hall–Kier alpha value is -1.32. The molecule has 1 aliphatic carbocycles. The van der Waals surface area contributed by atoms with Gasteiger partial charge in [0.15, 0.2) is 5.82 Å². The van der Waals surface area contributed by atoms with Gasteiger partial charge in [0.25, 0.3) is 0 Å². The van der Waals surface area contributed by atoms with Crippen molar-refractivity contribution >= 4 is 21.3 Å². The van der Waals surface area contributed by atoms with Crippen LogP contribution in [-0.2, 0) is 4.74 Å². The fourth-order valence-corrected chi connectivity index (χ4v) is 5.03. The Labute approximate surface area is 127 Å². The van der Waals surface area contributed by atoms with Gasteiger partial charge in [-0.2, -0.15) is 5.26 Å². The van der Waals surface area contributed by atoms with Crippen molar-refractivity contribution in [3.05, 3.63) is 11.9 Å². The van der Waals surface area contributed by atoms with Crippen LogP contribution in [0.15, 0.2) is 6.07 Å². The van der Waals surface area contributed by atoms with Gasteiger partial charge in [-0.1, -0.05) is 11.3 Å². The van der Waals surface area contributed by atoms with E-state index in [1.807, 2.05) is 0 Å². The van der Waals surface area contributed by atoms with Crippen molar-refractivity contribution in [3.8, 4) is 6.07 Å². The van der Waals surface area contributed by atoms with Crippen molar-refractivity contribution in [2.24, 2.45) is 5.92 Å². The summed E-state index contributed by atoms with van der Waals surface area (Å²) in [5.74, 6) is 0.431. The number of hydrogen-bond donors (Lipinski definition) is 0. The molecule has 0 amide bonds. The van der Waals surface area contributed by atoms with Gasteiger partial charge in [-0.25, -0.2) is 4.39 Å². The largest absolute Gasteiger partial charge is 0.378 e. The van der Waals surface area contributed by atoms with Crippen LogP contribution in [0.2, 0.25) is 0 Å². The molecule has 3 fully saturated rings. The predicted octanol–water partition coefficient (Wildman–Crippen LogP) is 2.60. The molecule has 2 aliphatic heterocycles. The molecule has 0 N–H and O–H groups in total. The second-order valence-electron chi connectivity index (χ2n) is 6.35. The Morgan fingerprint density at radius 2 is 2.24 bits per heavy atom. The Kier molecular flexibility index (Phi) is 2.92. The van der Waals surface area contributed by atoms with E-state index >= 15 is 0 Å². The third-order valence-corrected chi connectivity index (χ3v) is 6.26. The SMILES string of the molecule is CC12C[C@H]1C[C@@H](C#N)N2c1cc(F)c(N2CCOCC2)s1. The lowest BCUT2D eigenvalue weighted by Crippen LogP contribution is -2.38. The van der Waals surface area contributed by atoms with Gasteiger partial charge in [0.05, 0.1) is 24.3 Å². The molecule has 2 saturated heterocycles. The van der Waals surface area contributed by atoms with E-state index in [9.17, 15) is 9.65 Å². The minimum absolute atomic E-state index is 0.0694. The second kappa shape index (κ2) is 4.59. The average Bonchev–Trinajstić information content (AvgIpc) is 2.86. The Morgan fingerprint density at radius 3 is 2.95 bits per heavy atom. The van der Waals surface area contributed by atoms with E-state index in [4.69, 9.17) is 4.74 Å². The smallest absolute Gasteiger partial charge is 0.159 e. The lowest BCUT2D eigenvalue weighted by Gasteiger charge is -2.30. The van der Waals surface area contributed by atoms with Crippen LogP contribution in [0.3, 0.4) is 0 Å². The standard InChI is InChI=1S/C15H18FN3OS/c1-15-8-10(15)6-11(9-17)19(15)13-7-12(16)14(21-13)18-2-4-20-5-3-18/h7,10-11H,2-6,8H2,1H3/t10-,11+,15?/m1/s1. The van der Waals surface area contributed by atoms with Crippen LogP contribution in [-0.4, -0.2) is 37.9 Å². The maximum atomic E-state index is 14.4. The van der Waals surface area contributed by atoms with E-state index in [1.165, 1.54) is 11.3 Å². The lowest BCUT2D eigenvalue weighted by molar-refractivity contribution is 0.122. The number of hydrogen-bond acceptors (Lipinski definition) is 5. The molecule has 3 atom stereocenters. The summed E-state index contributed by atoms with van der Waals surface area (Å²) in [6.07, 6.45) is 2.04. The summed E-state index contributed by atoms with van der Waals surface area (Å²) in [5.41, 5.74) is 0.0694. The molecule has 0 bridgehead atoms. The first-order valence-corrected chi connectivity index (χ1v) is 8.26. The van der Waals surface area contributed by atoms with Crippen molar-refractivity contribution < 1.29 is 9.13 Å². The number of thiophene rings is 1. The molecule has 3 heterocycles. The third kappa shape index (κ3) is 1.95. The monoisotopic (exact) mass is 307 g/mol. The van der Waals surface area contributed by atoms with Crippen LogP contribution in [0.25, 0.3) is 0 Å². The predicted molar refractivity (Wildman–Crippen MR) is 80.3 cm³/mol. The molecule has 4 nitrogen and oxygen atoms in total. The highest BCUT2D eigenvalue weighted by atomic mass is 32.1. The minimum Gasteiger partial charge on any atom is -0.378 e. The Morgan fingerprint density at radius 1 is 1.48 bits per heavy atom. The summed E-state index contributed by atoms with van der Waals surface area (Å²) in [5, 5.41) is 11.0. The molecule has 0 aromatic carbocycles. The molecular formula is C15H18FN3OS. The number of nitrogens with zero attached hydrogens (tertiary/aromatic N) is 3. The lowest BCUT2D eigenvalue weighted by atomic mass is 10.2. The van der Waals surface area contributed by atoms with Gasteiger partial charge < -0.3 is 14.5 Å². The Balaban J connectivity index is 1.65. The van der Waals surface area contributed by atoms with Gasteiger partial charge in [-0.15, -0.1) is 0 Å². The zero-order chi connectivity index (χ0) is 14.6. The average molecular weight is 307 g/mol. The fourth-order valence-electron chi connectivity index (χ4n) is 3.77. The van der Waals surface area contributed by atoms with Crippen LogP contribution in [0, 0.1) is 23.1 Å². The van der Waals surface area contributed by atoms with Crippen LogP contribution in [0.5, 0.6) is 0 Å². The van der Waals surface area contributed by atoms with E-state index in [1.54, 1.807) is 6.07 Å². The highest BCUT2D eigenvalue weighted by molar-refractivity contribution is 7.20. The normalized spacial score (nSPS) is 34.7. The highest BCUT2D eigenvalue weighted by Gasteiger charge is 2.62. The van der Waals surface area contributed by atoms with Gasteiger partial charge in [0, 0.05) is 24.7 Å². The fraction of sp³-hybridized carbons (Fsp3) is 0.667. The zero-order valence-corrected chi connectivity index (χ0v) is 12.8. The number of halogens is 1. The second-order valence-corrected chi connectivity index (χ2v) is 7.36. The molecule has 1 unspecified atom stereocenters. The summed E-state index contributed by atoms with van der Waals surface area (Å²) in [4.78, 5) is 4.21. The van der Waals surface area contributed by atoms with E-state index < -0.39 is 0 Å². The summed E-state index contributed by atoms with van der Waals surface area (Å²) in [7, 11) is 0. The maximum absolute atomic E-state index is 14.4. The number of fused-ring (bicyclic) bond motifs is 1. The maximum Gasteiger partial charge on any atom is 0.159 e. The van der Waals surface area contributed by atoms with Gasteiger partial charge in [0.1, 0.15) is 11.0 Å². The summed E-state index contributed by atoms with van der Waals surface area (Å²) in [6, 6.07) is 3.89. The van der Waals surface area contributed by atoms with Crippen molar-refractivity contribution in [2.75, 3.05) is 36.1 Å². The highest BCUT2D eigenvalue weighted by Crippen LogP contribution is 2.60. The quantitative estimate of drug-likeness (QED) is 0.842. The molecule has 1 aromatic rings. The molecule has 1 aromatic heterocycles. The van der Waals surface area contributed by atoms with Gasteiger partial charge in [-0.3, -0.25) is 0 Å². The molecule has 4 rings (SSSR count). The van der Waals surface area contributed by atoms with Gasteiger partial charge >= 0.3 is 0 Å². The molecule has 0 radical (unpaired) electrons. The molecule has 3 aliphatic rings. The number of piperidine rings is 1. The van der Waals surface area contributed by atoms with Gasteiger partial charge in [0.2, 0.25) is 0 Å². The molecule has 6 heteroatoms. The topological polar surface area (TPSA) is 39.5 Å². The van der Waals surface area contributed by atoms with E-state index in [-0.39, 0.29) is 17.4 Å². The molecular weight excluding hydrogens is 289 g/mol. The molecule has 112 valence electrons. The summed E-state index contributed by atoms with van der Waals surface area (Å²) in [6.45, 7) is 4.96. The molecule has 21 heavy (non-hydrogen) atoms. The van der Waals surface area contributed by atoms with Crippen LogP contribution < -0.4 is 9.80 Å². The van der Waals surface area contributed by atoms with Crippen molar-refractivity contribution in [2.45, 2.75) is 31.3 Å². The minimum atomic E-state index is -0.165. The van der Waals surface area contributed by atoms with Crippen LogP contribution in [0.4, 0.5) is 14.4 Å². The molecule has 0 spiro atoms. The first-order chi connectivity index (χ1) is 10.1. The Bertz CT molecular complexity index is 607. The zero-order valence-electron chi connectivity index (χ0n) is 12.0. The van der Waals surface area contributed by atoms with E-state index in [0.717, 1.165) is 30.9 Å². The first kappa shape index (κ1) is 13.4. The van der Waals surface area contributed by atoms with Crippen LogP contribution in [0.1, 0.15) is 19.8 Å². The number of nitriles is 1. The van der Waals surface area contributed by atoms with Gasteiger partial charge in [-0.05, 0) is 25.7 Å². The summed E-state index contributed by atoms with van der Waals surface area (Å²) >= 11 is 1.48. The number of anilines is 2. The van der Waals surface area contributed by atoms with E-state index in [0.29, 0.717) is 24.1 Å². The number of ether oxygens (including phenoxy) is 1. The van der Waals surface area contributed by atoms with Crippen molar-refractivity contribution in [1.29, 1.82) is 5.26 Å².